The van der Waals surface area contributed by atoms with Gasteiger partial charge in [-0.1, -0.05) is 48.5 Å². The second-order valence-electron chi connectivity index (χ2n) is 6.50. The highest BCUT2D eigenvalue weighted by Gasteiger charge is 2.15. The molecule has 0 bridgehead atoms. The summed E-state index contributed by atoms with van der Waals surface area (Å²) in [5.74, 6) is -0.109. The van der Waals surface area contributed by atoms with Crippen molar-refractivity contribution >= 4 is 27.7 Å². The van der Waals surface area contributed by atoms with Crippen LogP contribution in [0.1, 0.15) is 12.0 Å². The van der Waals surface area contributed by atoms with Gasteiger partial charge in [0.1, 0.15) is 12.1 Å². The van der Waals surface area contributed by atoms with Crippen molar-refractivity contribution in [1.29, 1.82) is 0 Å². The summed E-state index contributed by atoms with van der Waals surface area (Å²) < 4.78 is 1.76. The van der Waals surface area contributed by atoms with Crippen molar-refractivity contribution in [2.24, 2.45) is 0 Å². The lowest BCUT2D eigenvalue weighted by molar-refractivity contribution is -0.121. The topological polar surface area (TPSA) is 79.8 Å². The van der Waals surface area contributed by atoms with Gasteiger partial charge in [-0.25, -0.2) is 5.10 Å². The normalized spacial score (nSPS) is 11.1. The fraction of sp³-hybridized carbons (Fsp3) is 0.190. The lowest BCUT2D eigenvalue weighted by Crippen LogP contribution is -2.29. The predicted molar refractivity (Wildman–Crippen MR) is 106 cm³/mol. The second-order valence-corrected chi connectivity index (χ2v) is 6.50. The molecule has 0 fully saturated rings. The molecule has 0 atom stereocenters. The summed E-state index contributed by atoms with van der Waals surface area (Å²) in [7, 11) is 0. The number of carbonyl (C=O) groups is 1. The first-order valence-corrected chi connectivity index (χ1v) is 8.99. The lowest BCUT2D eigenvalue weighted by Gasteiger charge is -2.08. The number of rotatable bonds is 6. The SMILES string of the molecule is O=C(Cn1c2ccccc2c2cn[nH]c(=O)c21)NCCCc1ccccc1. The van der Waals surface area contributed by atoms with Crippen LogP contribution in [0, 0.1) is 0 Å². The zero-order chi connectivity index (χ0) is 18.6. The number of aromatic amines is 1. The minimum Gasteiger partial charge on any atom is -0.355 e. The van der Waals surface area contributed by atoms with Gasteiger partial charge in [0.25, 0.3) is 5.56 Å². The number of fused-ring (bicyclic) bond motifs is 3. The van der Waals surface area contributed by atoms with Gasteiger partial charge in [-0.05, 0) is 24.5 Å². The molecule has 6 heteroatoms. The van der Waals surface area contributed by atoms with Gasteiger partial charge >= 0.3 is 0 Å². The molecule has 1 amide bonds. The van der Waals surface area contributed by atoms with Gasteiger partial charge in [-0.2, -0.15) is 5.10 Å². The molecule has 6 nitrogen and oxygen atoms in total. The zero-order valence-corrected chi connectivity index (χ0v) is 14.8. The van der Waals surface area contributed by atoms with E-state index < -0.39 is 0 Å². The van der Waals surface area contributed by atoms with E-state index >= 15 is 0 Å². The summed E-state index contributed by atoms with van der Waals surface area (Å²) in [4.78, 5) is 24.8. The summed E-state index contributed by atoms with van der Waals surface area (Å²) in [5.41, 5.74) is 2.30. The highest BCUT2D eigenvalue weighted by atomic mass is 16.2. The first-order valence-electron chi connectivity index (χ1n) is 8.99. The quantitative estimate of drug-likeness (QED) is 0.519. The summed E-state index contributed by atoms with van der Waals surface area (Å²) in [6, 6.07) is 17.9. The highest BCUT2D eigenvalue weighted by molar-refractivity contribution is 6.07. The lowest BCUT2D eigenvalue weighted by atomic mass is 10.1. The average Bonchev–Trinajstić information content (AvgIpc) is 3.01. The van der Waals surface area contributed by atoms with Crippen LogP contribution in [-0.4, -0.2) is 27.2 Å². The van der Waals surface area contributed by atoms with Crippen LogP contribution < -0.4 is 10.9 Å². The first kappa shape index (κ1) is 17.0. The van der Waals surface area contributed by atoms with Gasteiger partial charge in [0.15, 0.2) is 0 Å². The molecular weight excluding hydrogens is 340 g/mol. The smallest absolute Gasteiger partial charge is 0.288 e. The fourth-order valence-corrected chi connectivity index (χ4v) is 3.44. The molecular formula is C21H20N4O2. The van der Waals surface area contributed by atoms with Gasteiger partial charge in [0.05, 0.1) is 6.20 Å². The van der Waals surface area contributed by atoms with Crippen molar-refractivity contribution in [2.75, 3.05) is 6.54 Å². The highest BCUT2D eigenvalue weighted by Crippen LogP contribution is 2.25. The fourth-order valence-electron chi connectivity index (χ4n) is 3.44. The van der Waals surface area contributed by atoms with E-state index in [0.29, 0.717) is 12.1 Å². The van der Waals surface area contributed by atoms with Crippen LogP contribution in [0.4, 0.5) is 0 Å². The predicted octanol–water partition coefficient (Wildman–Crippen LogP) is 2.63. The number of aryl methyl sites for hydroxylation is 1. The molecule has 0 aliphatic heterocycles. The summed E-state index contributed by atoms with van der Waals surface area (Å²) in [6.45, 7) is 0.700. The number of amides is 1. The van der Waals surface area contributed by atoms with Gasteiger partial charge in [0.2, 0.25) is 5.91 Å². The Kier molecular flexibility index (Phi) is 4.70. The monoisotopic (exact) mass is 360 g/mol. The van der Waals surface area contributed by atoms with Crippen LogP contribution in [0.3, 0.4) is 0 Å². The van der Waals surface area contributed by atoms with E-state index in [1.54, 1.807) is 10.8 Å². The molecule has 4 aromatic rings. The third-order valence-electron chi connectivity index (χ3n) is 4.69. The van der Waals surface area contributed by atoms with Crippen LogP contribution in [0.15, 0.2) is 65.6 Å². The Labute approximate surface area is 155 Å². The van der Waals surface area contributed by atoms with E-state index in [2.05, 4.69) is 27.6 Å². The number of hydrogen-bond acceptors (Lipinski definition) is 3. The van der Waals surface area contributed by atoms with Crippen molar-refractivity contribution in [2.45, 2.75) is 19.4 Å². The molecule has 0 saturated heterocycles. The van der Waals surface area contributed by atoms with Crippen LogP contribution in [-0.2, 0) is 17.8 Å². The maximum Gasteiger partial charge on any atom is 0.288 e. The van der Waals surface area contributed by atoms with Crippen molar-refractivity contribution < 1.29 is 4.79 Å². The van der Waals surface area contributed by atoms with E-state index in [1.165, 1.54) is 5.56 Å². The van der Waals surface area contributed by atoms with E-state index in [-0.39, 0.29) is 18.0 Å². The number of para-hydroxylation sites is 1. The standard InChI is InChI=1S/C21H20N4O2/c26-19(22-12-6-9-15-7-2-1-3-8-15)14-25-18-11-5-4-10-16(18)17-13-23-24-21(27)20(17)25/h1-5,7-8,10-11,13H,6,9,12,14H2,(H,22,26)(H,24,27). The summed E-state index contributed by atoms with van der Waals surface area (Å²) in [5, 5.41) is 11.0. The number of carbonyl (C=O) groups excluding carboxylic acids is 1. The number of nitrogens with one attached hydrogen (secondary N) is 2. The summed E-state index contributed by atoms with van der Waals surface area (Å²) >= 11 is 0. The Balaban J connectivity index is 1.49. The van der Waals surface area contributed by atoms with E-state index in [0.717, 1.165) is 29.1 Å². The number of hydrogen-bond donors (Lipinski definition) is 2. The van der Waals surface area contributed by atoms with Gasteiger partial charge < -0.3 is 9.88 Å². The molecule has 0 saturated carbocycles. The number of benzene rings is 2. The molecule has 2 N–H and O–H groups in total. The maximum absolute atomic E-state index is 12.5. The second kappa shape index (κ2) is 7.45. The van der Waals surface area contributed by atoms with Crippen molar-refractivity contribution in [3.8, 4) is 0 Å². The van der Waals surface area contributed by atoms with Crippen LogP contribution in [0.2, 0.25) is 0 Å². The molecule has 27 heavy (non-hydrogen) atoms. The number of H-pyrrole nitrogens is 1. The van der Waals surface area contributed by atoms with Crippen LogP contribution in [0.25, 0.3) is 21.8 Å². The molecule has 0 aliphatic rings. The van der Waals surface area contributed by atoms with Crippen LogP contribution >= 0.6 is 0 Å². The van der Waals surface area contributed by atoms with Gasteiger partial charge in [-0.3, -0.25) is 9.59 Å². The molecule has 136 valence electrons. The Morgan fingerprint density at radius 3 is 2.67 bits per heavy atom. The van der Waals surface area contributed by atoms with Gasteiger partial charge in [-0.15, -0.1) is 0 Å². The molecule has 2 heterocycles. The van der Waals surface area contributed by atoms with Gasteiger partial charge in [0, 0.05) is 22.8 Å². The Morgan fingerprint density at radius 2 is 1.81 bits per heavy atom. The van der Waals surface area contributed by atoms with Crippen molar-refractivity contribution in [3.05, 3.63) is 76.7 Å². The Morgan fingerprint density at radius 1 is 1.04 bits per heavy atom. The molecule has 4 rings (SSSR count). The molecule has 0 spiro atoms. The molecule has 0 radical (unpaired) electrons. The molecule has 2 aromatic carbocycles. The largest absolute Gasteiger partial charge is 0.355 e. The number of nitrogens with zero attached hydrogens (tertiary/aromatic N) is 2. The number of aromatic nitrogens is 3. The minimum atomic E-state index is -0.291. The zero-order valence-electron chi connectivity index (χ0n) is 14.8. The third-order valence-corrected chi connectivity index (χ3v) is 4.69. The molecule has 0 unspecified atom stereocenters. The molecule has 2 aromatic heterocycles. The van der Waals surface area contributed by atoms with Crippen LogP contribution in [0.5, 0.6) is 0 Å². The van der Waals surface area contributed by atoms with E-state index in [1.807, 2.05) is 42.5 Å². The van der Waals surface area contributed by atoms with E-state index in [9.17, 15) is 9.59 Å². The third kappa shape index (κ3) is 3.46. The first-order chi connectivity index (χ1) is 13.2. The summed E-state index contributed by atoms with van der Waals surface area (Å²) in [6.07, 6.45) is 3.42. The van der Waals surface area contributed by atoms with Crippen molar-refractivity contribution in [3.63, 3.8) is 0 Å². The molecule has 0 aliphatic carbocycles. The Hall–Kier alpha value is -3.41. The van der Waals surface area contributed by atoms with E-state index in [4.69, 9.17) is 0 Å². The minimum absolute atomic E-state index is 0.0996. The average molecular weight is 360 g/mol. The van der Waals surface area contributed by atoms with Crippen molar-refractivity contribution in [1.82, 2.24) is 20.1 Å². The Bertz CT molecular complexity index is 1150. The maximum atomic E-state index is 12.5.